The SMILES string of the molecule is CCn1cnc2c1c(=O)n(C(C)CN)c(=O)n2CCCOC. The van der Waals surface area contributed by atoms with Gasteiger partial charge in [0.2, 0.25) is 0 Å². The summed E-state index contributed by atoms with van der Waals surface area (Å²) in [6.45, 7) is 5.51. The fraction of sp³-hybridized carbons (Fsp3) is 0.643. The van der Waals surface area contributed by atoms with Gasteiger partial charge in [-0.25, -0.2) is 9.78 Å². The molecule has 0 aromatic carbocycles. The van der Waals surface area contributed by atoms with Crippen LogP contribution >= 0.6 is 0 Å². The maximum atomic E-state index is 12.7. The fourth-order valence-corrected chi connectivity index (χ4v) is 2.51. The van der Waals surface area contributed by atoms with Crippen LogP contribution < -0.4 is 17.0 Å². The van der Waals surface area contributed by atoms with Crippen LogP contribution in [0, 0.1) is 0 Å². The molecular weight excluding hydrogens is 286 g/mol. The summed E-state index contributed by atoms with van der Waals surface area (Å²) in [7, 11) is 1.61. The first-order valence-electron chi connectivity index (χ1n) is 7.45. The zero-order valence-electron chi connectivity index (χ0n) is 13.3. The number of methoxy groups -OCH3 is 1. The van der Waals surface area contributed by atoms with Gasteiger partial charge in [-0.05, 0) is 20.3 Å². The minimum absolute atomic E-state index is 0.221. The minimum Gasteiger partial charge on any atom is -0.385 e. The molecule has 8 heteroatoms. The third-order valence-electron chi connectivity index (χ3n) is 3.79. The number of nitrogens with zero attached hydrogens (tertiary/aromatic N) is 4. The number of hydrogen-bond donors (Lipinski definition) is 1. The quantitative estimate of drug-likeness (QED) is 0.722. The predicted molar refractivity (Wildman–Crippen MR) is 84.2 cm³/mol. The van der Waals surface area contributed by atoms with E-state index in [0.717, 1.165) is 0 Å². The van der Waals surface area contributed by atoms with E-state index in [-0.39, 0.29) is 23.8 Å². The lowest BCUT2D eigenvalue weighted by molar-refractivity contribution is 0.190. The van der Waals surface area contributed by atoms with Crippen LogP contribution in [0.15, 0.2) is 15.9 Å². The monoisotopic (exact) mass is 309 g/mol. The van der Waals surface area contributed by atoms with Crippen molar-refractivity contribution in [3.05, 3.63) is 27.2 Å². The van der Waals surface area contributed by atoms with Crippen molar-refractivity contribution in [2.24, 2.45) is 5.73 Å². The van der Waals surface area contributed by atoms with E-state index in [2.05, 4.69) is 4.98 Å². The van der Waals surface area contributed by atoms with Crippen molar-refractivity contribution in [1.82, 2.24) is 18.7 Å². The number of rotatable bonds is 7. The summed E-state index contributed by atoms with van der Waals surface area (Å²) in [5.74, 6) is 0. The normalized spacial score (nSPS) is 12.9. The number of imidazole rings is 1. The van der Waals surface area contributed by atoms with Crippen molar-refractivity contribution >= 4 is 11.2 Å². The van der Waals surface area contributed by atoms with Gasteiger partial charge < -0.3 is 15.0 Å². The van der Waals surface area contributed by atoms with E-state index in [9.17, 15) is 9.59 Å². The second-order valence-corrected chi connectivity index (χ2v) is 5.24. The molecule has 0 radical (unpaired) electrons. The van der Waals surface area contributed by atoms with Gasteiger partial charge >= 0.3 is 5.69 Å². The van der Waals surface area contributed by atoms with Crippen molar-refractivity contribution < 1.29 is 4.74 Å². The molecule has 0 spiro atoms. The summed E-state index contributed by atoms with van der Waals surface area (Å²) in [6.07, 6.45) is 2.26. The minimum atomic E-state index is -0.368. The second-order valence-electron chi connectivity index (χ2n) is 5.24. The Morgan fingerprint density at radius 3 is 2.73 bits per heavy atom. The highest BCUT2D eigenvalue weighted by molar-refractivity contribution is 5.70. The van der Waals surface area contributed by atoms with Crippen LogP contribution in [-0.2, 0) is 17.8 Å². The lowest BCUT2D eigenvalue weighted by Crippen LogP contribution is -2.44. The van der Waals surface area contributed by atoms with E-state index < -0.39 is 0 Å². The van der Waals surface area contributed by atoms with Crippen LogP contribution in [0.4, 0.5) is 0 Å². The topological polar surface area (TPSA) is 97.1 Å². The summed E-state index contributed by atoms with van der Waals surface area (Å²) in [5.41, 5.74) is 5.82. The third kappa shape index (κ3) is 2.71. The molecule has 0 amide bonds. The second kappa shape index (κ2) is 6.89. The Kier molecular flexibility index (Phi) is 5.15. The van der Waals surface area contributed by atoms with E-state index in [4.69, 9.17) is 10.5 Å². The fourth-order valence-electron chi connectivity index (χ4n) is 2.51. The van der Waals surface area contributed by atoms with E-state index in [1.165, 1.54) is 9.13 Å². The molecule has 1 unspecified atom stereocenters. The molecule has 2 aromatic rings. The van der Waals surface area contributed by atoms with Crippen LogP contribution in [0.25, 0.3) is 11.2 Å². The smallest absolute Gasteiger partial charge is 0.333 e. The summed E-state index contributed by atoms with van der Waals surface area (Å²) in [5, 5.41) is 0. The number of fused-ring (bicyclic) bond motifs is 1. The van der Waals surface area contributed by atoms with Gasteiger partial charge in [-0.15, -0.1) is 0 Å². The summed E-state index contributed by atoms with van der Waals surface area (Å²) in [4.78, 5) is 29.6. The van der Waals surface area contributed by atoms with Crippen LogP contribution in [0.5, 0.6) is 0 Å². The molecule has 1 atom stereocenters. The first kappa shape index (κ1) is 16.4. The molecule has 0 saturated heterocycles. The van der Waals surface area contributed by atoms with Gasteiger partial charge in [-0.3, -0.25) is 13.9 Å². The first-order chi connectivity index (χ1) is 10.6. The molecule has 0 saturated carbocycles. The Morgan fingerprint density at radius 2 is 2.14 bits per heavy atom. The standard InChI is InChI=1S/C14H23N5O3/c1-4-17-9-16-12-11(17)13(20)19(10(2)8-15)14(21)18(12)6-5-7-22-3/h9-10H,4-8,15H2,1-3H3. The van der Waals surface area contributed by atoms with Gasteiger partial charge in [0.15, 0.2) is 11.2 Å². The predicted octanol–water partition coefficient (Wildman–Crippen LogP) is -0.0642. The van der Waals surface area contributed by atoms with Crippen molar-refractivity contribution in [2.45, 2.75) is 39.4 Å². The number of ether oxygens (including phenoxy) is 1. The molecule has 0 aliphatic carbocycles. The van der Waals surface area contributed by atoms with E-state index in [1.807, 2.05) is 6.92 Å². The van der Waals surface area contributed by atoms with Crippen molar-refractivity contribution in [3.8, 4) is 0 Å². The molecule has 8 nitrogen and oxygen atoms in total. The summed E-state index contributed by atoms with van der Waals surface area (Å²) < 4.78 is 9.55. The van der Waals surface area contributed by atoms with E-state index in [0.29, 0.717) is 37.3 Å². The largest absolute Gasteiger partial charge is 0.385 e. The highest BCUT2D eigenvalue weighted by Gasteiger charge is 2.19. The lowest BCUT2D eigenvalue weighted by atomic mass is 10.3. The molecule has 2 rings (SSSR count). The third-order valence-corrected chi connectivity index (χ3v) is 3.79. The van der Waals surface area contributed by atoms with Crippen LogP contribution in [0.2, 0.25) is 0 Å². The summed E-state index contributed by atoms with van der Waals surface area (Å²) >= 11 is 0. The van der Waals surface area contributed by atoms with Gasteiger partial charge in [-0.2, -0.15) is 0 Å². The Balaban J connectivity index is 2.73. The molecule has 0 aliphatic heterocycles. The Labute approximate surface area is 128 Å². The number of aromatic nitrogens is 4. The molecule has 0 bridgehead atoms. The Hall–Kier alpha value is -1.93. The average Bonchev–Trinajstić information content (AvgIpc) is 2.94. The van der Waals surface area contributed by atoms with Crippen LogP contribution in [0.1, 0.15) is 26.3 Å². The lowest BCUT2D eigenvalue weighted by Gasteiger charge is -2.16. The maximum absolute atomic E-state index is 12.7. The Morgan fingerprint density at radius 1 is 1.41 bits per heavy atom. The van der Waals surface area contributed by atoms with Gasteiger partial charge in [0.05, 0.1) is 12.4 Å². The Bertz CT molecular complexity index is 758. The molecule has 0 aliphatic rings. The molecule has 22 heavy (non-hydrogen) atoms. The van der Waals surface area contributed by atoms with Crippen molar-refractivity contribution in [1.29, 1.82) is 0 Å². The highest BCUT2D eigenvalue weighted by Crippen LogP contribution is 2.09. The first-order valence-corrected chi connectivity index (χ1v) is 7.45. The highest BCUT2D eigenvalue weighted by atomic mass is 16.5. The van der Waals surface area contributed by atoms with Gasteiger partial charge in [0.25, 0.3) is 5.56 Å². The maximum Gasteiger partial charge on any atom is 0.333 e. The molecular formula is C14H23N5O3. The van der Waals surface area contributed by atoms with E-state index in [1.54, 1.807) is 24.9 Å². The zero-order chi connectivity index (χ0) is 16.3. The van der Waals surface area contributed by atoms with Crippen molar-refractivity contribution in [2.75, 3.05) is 20.3 Å². The van der Waals surface area contributed by atoms with Crippen LogP contribution in [0.3, 0.4) is 0 Å². The van der Waals surface area contributed by atoms with E-state index >= 15 is 0 Å². The number of aryl methyl sites for hydroxylation is 2. The number of nitrogens with two attached hydrogens (primary N) is 1. The zero-order valence-corrected chi connectivity index (χ0v) is 13.3. The van der Waals surface area contributed by atoms with Gasteiger partial charge in [0, 0.05) is 33.4 Å². The van der Waals surface area contributed by atoms with Crippen molar-refractivity contribution in [3.63, 3.8) is 0 Å². The molecule has 2 heterocycles. The molecule has 2 N–H and O–H groups in total. The summed E-state index contributed by atoms with van der Waals surface area (Å²) in [6, 6.07) is -0.363. The number of hydrogen-bond acceptors (Lipinski definition) is 5. The van der Waals surface area contributed by atoms with Gasteiger partial charge in [-0.1, -0.05) is 0 Å². The average molecular weight is 309 g/mol. The van der Waals surface area contributed by atoms with Crippen LogP contribution in [-0.4, -0.2) is 38.9 Å². The molecule has 122 valence electrons. The molecule has 0 fully saturated rings. The van der Waals surface area contributed by atoms with Gasteiger partial charge in [0.1, 0.15) is 0 Å². The molecule has 2 aromatic heterocycles.